The van der Waals surface area contributed by atoms with Crippen molar-refractivity contribution in [2.75, 3.05) is 0 Å². The van der Waals surface area contributed by atoms with Gasteiger partial charge in [0.1, 0.15) is 5.58 Å². The van der Waals surface area contributed by atoms with E-state index in [4.69, 9.17) is 4.42 Å². The van der Waals surface area contributed by atoms with Gasteiger partial charge in [-0.05, 0) is 49.2 Å². The van der Waals surface area contributed by atoms with Gasteiger partial charge in [-0.2, -0.15) is 0 Å². The molecule has 6 heteroatoms. The van der Waals surface area contributed by atoms with Crippen molar-refractivity contribution >= 4 is 38.7 Å². The molecule has 1 heterocycles. The van der Waals surface area contributed by atoms with Crippen LogP contribution in [-0.2, 0) is 6.42 Å². The molecule has 3 aromatic rings. The molecule has 128 valence electrons. The Morgan fingerprint density at radius 3 is 2.40 bits per heavy atom. The van der Waals surface area contributed by atoms with Gasteiger partial charge in [0.2, 0.25) is 0 Å². The van der Waals surface area contributed by atoms with E-state index in [-0.39, 0.29) is 11.7 Å². The van der Waals surface area contributed by atoms with Gasteiger partial charge in [0.05, 0.1) is 0 Å². The van der Waals surface area contributed by atoms with Crippen molar-refractivity contribution in [3.8, 4) is 0 Å². The van der Waals surface area contributed by atoms with E-state index in [2.05, 4.69) is 26.8 Å². The molecular formula is C19H17BrN2O3. The maximum absolute atomic E-state index is 12.3. The summed E-state index contributed by atoms with van der Waals surface area (Å²) in [5.41, 5.74) is 7.76. The molecule has 0 atom stereocenters. The monoisotopic (exact) mass is 400 g/mol. The van der Waals surface area contributed by atoms with Gasteiger partial charge < -0.3 is 4.42 Å². The van der Waals surface area contributed by atoms with Crippen LogP contribution in [-0.4, -0.2) is 11.8 Å². The zero-order valence-corrected chi connectivity index (χ0v) is 15.4. The largest absolute Gasteiger partial charge is 0.451 e. The fourth-order valence-electron chi connectivity index (χ4n) is 2.54. The lowest BCUT2D eigenvalue weighted by molar-refractivity contribution is 0.0831. The van der Waals surface area contributed by atoms with Crippen LogP contribution in [0, 0.1) is 6.92 Å². The maximum atomic E-state index is 12.3. The van der Waals surface area contributed by atoms with Crippen molar-refractivity contribution in [1.29, 1.82) is 0 Å². The zero-order valence-electron chi connectivity index (χ0n) is 13.9. The fourth-order valence-corrected chi connectivity index (χ4v) is 2.91. The minimum Gasteiger partial charge on any atom is -0.451 e. The van der Waals surface area contributed by atoms with Crippen LogP contribution in [0.5, 0.6) is 0 Å². The summed E-state index contributed by atoms with van der Waals surface area (Å²) in [6.07, 6.45) is 0.903. The Morgan fingerprint density at radius 2 is 1.72 bits per heavy atom. The van der Waals surface area contributed by atoms with Crippen LogP contribution in [0.25, 0.3) is 11.0 Å². The summed E-state index contributed by atoms with van der Waals surface area (Å²) in [4.78, 5) is 24.4. The van der Waals surface area contributed by atoms with Gasteiger partial charge in [0.15, 0.2) is 5.76 Å². The van der Waals surface area contributed by atoms with Crippen molar-refractivity contribution < 1.29 is 14.0 Å². The summed E-state index contributed by atoms with van der Waals surface area (Å²) in [6.45, 7) is 3.85. The van der Waals surface area contributed by atoms with Crippen LogP contribution in [0.2, 0.25) is 0 Å². The minimum absolute atomic E-state index is 0.176. The number of hydrogen-bond acceptors (Lipinski definition) is 3. The van der Waals surface area contributed by atoms with Crippen molar-refractivity contribution in [3.63, 3.8) is 0 Å². The highest BCUT2D eigenvalue weighted by atomic mass is 79.9. The maximum Gasteiger partial charge on any atom is 0.305 e. The molecule has 5 nitrogen and oxygen atoms in total. The quantitative estimate of drug-likeness (QED) is 0.648. The number of carbonyl (C=O) groups excluding carboxylic acids is 2. The van der Waals surface area contributed by atoms with Crippen molar-refractivity contribution in [2.24, 2.45) is 0 Å². The average molecular weight is 401 g/mol. The first-order valence-electron chi connectivity index (χ1n) is 7.88. The average Bonchev–Trinajstić information content (AvgIpc) is 2.96. The van der Waals surface area contributed by atoms with Gasteiger partial charge in [0.25, 0.3) is 5.91 Å². The third kappa shape index (κ3) is 3.58. The van der Waals surface area contributed by atoms with E-state index < -0.39 is 5.91 Å². The third-order valence-electron chi connectivity index (χ3n) is 4.02. The molecule has 0 bridgehead atoms. The molecule has 1 aromatic heterocycles. The van der Waals surface area contributed by atoms with E-state index in [1.807, 2.05) is 31.2 Å². The number of halogens is 1. The highest BCUT2D eigenvalue weighted by Gasteiger charge is 2.18. The Morgan fingerprint density at radius 1 is 1.04 bits per heavy atom. The number of rotatable bonds is 3. The second-order valence-electron chi connectivity index (χ2n) is 5.66. The molecule has 0 fully saturated rings. The molecule has 0 spiro atoms. The molecule has 0 aliphatic rings. The first-order chi connectivity index (χ1) is 12.0. The van der Waals surface area contributed by atoms with E-state index in [0.717, 1.165) is 27.4 Å². The van der Waals surface area contributed by atoms with Crippen LogP contribution < -0.4 is 10.9 Å². The minimum atomic E-state index is -0.497. The summed E-state index contributed by atoms with van der Waals surface area (Å²) in [5.74, 6) is -0.703. The Bertz CT molecular complexity index is 945. The second kappa shape index (κ2) is 7.11. The lowest BCUT2D eigenvalue weighted by atomic mass is 10.1. The Hall–Kier alpha value is -2.60. The number of aryl methyl sites for hydroxylation is 2. The molecule has 0 aliphatic carbocycles. The smallest absolute Gasteiger partial charge is 0.305 e. The second-order valence-corrected chi connectivity index (χ2v) is 6.57. The lowest BCUT2D eigenvalue weighted by Crippen LogP contribution is -2.41. The predicted octanol–water partition coefficient (Wildman–Crippen LogP) is 4.14. The molecule has 25 heavy (non-hydrogen) atoms. The first kappa shape index (κ1) is 17.2. The molecule has 0 saturated carbocycles. The molecule has 0 saturated heterocycles. The zero-order chi connectivity index (χ0) is 18.0. The summed E-state index contributed by atoms with van der Waals surface area (Å²) >= 11 is 3.40. The van der Waals surface area contributed by atoms with Gasteiger partial charge in [-0.25, -0.2) is 0 Å². The molecule has 2 amide bonds. The number of amides is 2. The third-order valence-corrected chi connectivity index (χ3v) is 4.51. The van der Waals surface area contributed by atoms with Gasteiger partial charge in [-0.3, -0.25) is 20.4 Å². The molecule has 2 N–H and O–H groups in total. The normalized spacial score (nSPS) is 10.7. The number of benzene rings is 2. The van der Waals surface area contributed by atoms with Gasteiger partial charge in [-0.1, -0.05) is 35.0 Å². The van der Waals surface area contributed by atoms with Crippen LogP contribution >= 0.6 is 15.9 Å². The number of carbonyl (C=O) groups is 2. The van der Waals surface area contributed by atoms with E-state index in [0.29, 0.717) is 11.1 Å². The van der Waals surface area contributed by atoms with E-state index in [1.165, 1.54) is 0 Å². The van der Waals surface area contributed by atoms with Gasteiger partial charge >= 0.3 is 5.91 Å². The summed E-state index contributed by atoms with van der Waals surface area (Å²) in [6, 6.07) is 12.7. The molecule has 0 aliphatic heterocycles. The van der Waals surface area contributed by atoms with Crippen LogP contribution in [0.15, 0.2) is 51.4 Å². The Labute approximate surface area is 153 Å². The highest BCUT2D eigenvalue weighted by molar-refractivity contribution is 9.10. The SMILES string of the molecule is CCc1ccc(C(=O)NNC(=O)c2oc3ccc(Br)cc3c2C)cc1. The molecular weight excluding hydrogens is 384 g/mol. The van der Waals surface area contributed by atoms with Gasteiger partial charge in [-0.15, -0.1) is 0 Å². The molecule has 0 radical (unpaired) electrons. The summed E-state index contributed by atoms with van der Waals surface area (Å²) in [5, 5.41) is 0.848. The standard InChI is InChI=1S/C19H17BrN2O3/c1-3-12-4-6-13(7-5-12)18(23)21-22-19(24)17-11(2)15-10-14(20)8-9-16(15)25-17/h4-10H,3H2,1-2H3,(H,21,23)(H,22,24). The fraction of sp³-hybridized carbons (Fsp3) is 0.158. The lowest BCUT2D eigenvalue weighted by Gasteiger charge is -2.07. The highest BCUT2D eigenvalue weighted by Crippen LogP contribution is 2.27. The Balaban J connectivity index is 1.71. The number of hydrazine groups is 1. The number of furan rings is 1. The predicted molar refractivity (Wildman–Crippen MR) is 99.4 cm³/mol. The number of nitrogens with one attached hydrogen (secondary N) is 2. The topological polar surface area (TPSA) is 71.3 Å². The first-order valence-corrected chi connectivity index (χ1v) is 8.67. The van der Waals surface area contributed by atoms with Crippen molar-refractivity contribution in [1.82, 2.24) is 10.9 Å². The molecule has 0 unspecified atom stereocenters. The van der Waals surface area contributed by atoms with E-state index in [9.17, 15) is 9.59 Å². The summed E-state index contributed by atoms with van der Waals surface area (Å²) < 4.78 is 6.50. The molecule has 3 rings (SSSR count). The van der Waals surface area contributed by atoms with Gasteiger partial charge in [0, 0.05) is 21.0 Å². The van der Waals surface area contributed by atoms with Crippen LogP contribution in [0.4, 0.5) is 0 Å². The summed E-state index contributed by atoms with van der Waals surface area (Å²) in [7, 11) is 0. The van der Waals surface area contributed by atoms with E-state index in [1.54, 1.807) is 25.1 Å². The van der Waals surface area contributed by atoms with Crippen molar-refractivity contribution in [3.05, 3.63) is 69.4 Å². The van der Waals surface area contributed by atoms with Crippen LogP contribution in [0.1, 0.15) is 39.0 Å². The van der Waals surface area contributed by atoms with Crippen molar-refractivity contribution in [2.45, 2.75) is 20.3 Å². The molecule has 2 aromatic carbocycles. The number of hydrogen-bond donors (Lipinski definition) is 2. The van der Waals surface area contributed by atoms with Crippen LogP contribution in [0.3, 0.4) is 0 Å². The number of fused-ring (bicyclic) bond motifs is 1. The Kier molecular flexibility index (Phi) is 4.90. The van der Waals surface area contributed by atoms with E-state index >= 15 is 0 Å².